The van der Waals surface area contributed by atoms with Crippen LogP contribution in [-0.4, -0.2) is 38.3 Å². The third kappa shape index (κ3) is 3.61. The Morgan fingerprint density at radius 2 is 1.57 bits per heavy atom. The van der Waals surface area contributed by atoms with Gasteiger partial charge in [-0.25, -0.2) is 8.42 Å². The van der Waals surface area contributed by atoms with Gasteiger partial charge in [-0.2, -0.15) is 4.31 Å². The van der Waals surface area contributed by atoms with E-state index >= 15 is 0 Å². The number of carbonyl (C=O) groups is 1. The van der Waals surface area contributed by atoms with Gasteiger partial charge in [0, 0.05) is 25.2 Å². The van der Waals surface area contributed by atoms with Crippen LogP contribution in [0.4, 0.5) is 0 Å². The van der Waals surface area contributed by atoms with Crippen LogP contribution in [-0.2, 0) is 10.0 Å². The van der Waals surface area contributed by atoms with Gasteiger partial charge in [0.2, 0.25) is 10.0 Å². The zero-order chi connectivity index (χ0) is 20.1. The molecule has 0 unspecified atom stereocenters. The van der Waals surface area contributed by atoms with Crippen molar-refractivity contribution < 1.29 is 13.2 Å². The maximum Gasteiger partial charge on any atom is 0.251 e. The highest BCUT2D eigenvalue weighted by Crippen LogP contribution is 2.59. The lowest BCUT2D eigenvalue weighted by molar-refractivity contribution is -0.0503. The molecule has 5 rings (SSSR count). The van der Waals surface area contributed by atoms with Crippen LogP contribution in [0.1, 0.15) is 62.7 Å². The molecule has 4 fully saturated rings. The van der Waals surface area contributed by atoms with E-state index in [0.717, 1.165) is 24.3 Å². The summed E-state index contributed by atoms with van der Waals surface area (Å²) in [6, 6.07) is 6.20. The largest absolute Gasteiger partial charge is 0.351 e. The summed E-state index contributed by atoms with van der Waals surface area (Å²) in [5.74, 6) is 2.50. The molecule has 1 aromatic carbocycles. The molecule has 6 heteroatoms. The molecule has 0 saturated heterocycles. The highest BCUT2D eigenvalue weighted by Gasteiger charge is 2.50. The Kier molecular flexibility index (Phi) is 5.07. The predicted octanol–water partition coefficient (Wildman–Crippen LogP) is 3.66. The maximum atomic E-state index is 12.7. The predicted molar refractivity (Wildman–Crippen MR) is 109 cm³/mol. The fourth-order valence-corrected chi connectivity index (χ4v) is 7.47. The first-order valence-electron chi connectivity index (χ1n) is 10.5. The minimum Gasteiger partial charge on any atom is -0.351 e. The fraction of sp³-hybridized carbons (Fsp3) is 0.682. The summed E-state index contributed by atoms with van der Waals surface area (Å²) >= 11 is 0. The molecule has 0 heterocycles. The first kappa shape index (κ1) is 19.9. The Balaban J connectivity index is 1.41. The van der Waals surface area contributed by atoms with Crippen molar-refractivity contribution in [2.75, 3.05) is 13.6 Å². The second-order valence-corrected chi connectivity index (χ2v) is 11.7. The van der Waals surface area contributed by atoms with E-state index in [4.69, 9.17) is 0 Å². The summed E-state index contributed by atoms with van der Waals surface area (Å²) in [6.45, 7) is 4.43. The van der Waals surface area contributed by atoms with Crippen LogP contribution in [0, 0.1) is 23.2 Å². The van der Waals surface area contributed by atoms with Crippen LogP contribution < -0.4 is 5.32 Å². The molecule has 0 radical (unpaired) electrons. The second-order valence-electron chi connectivity index (χ2n) is 9.74. The monoisotopic (exact) mass is 404 g/mol. The van der Waals surface area contributed by atoms with Gasteiger partial charge in [-0.1, -0.05) is 0 Å². The van der Waals surface area contributed by atoms with Gasteiger partial charge in [-0.3, -0.25) is 4.79 Å². The van der Waals surface area contributed by atoms with Gasteiger partial charge in [0.05, 0.1) is 4.90 Å². The highest BCUT2D eigenvalue weighted by molar-refractivity contribution is 7.89. The molecular formula is C22H32N2O3S. The van der Waals surface area contributed by atoms with Crippen molar-refractivity contribution >= 4 is 15.9 Å². The summed E-state index contributed by atoms with van der Waals surface area (Å²) in [5.41, 5.74) is 0.823. The van der Waals surface area contributed by atoms with Gasteiger partial charge in [0.15, 0.2) is 0 Å². The summed E-state index contributed by atoms with van der Waals surface area (Å²) in [7, 11) is -1.95. The van der Waals surface area contributed by atoms with E-state index in [1.807, 2.05) is 13.8 Å². The first-order valence-corrected chi connectivity index (χ1v) is 12.0. The van der Waals surface area contributed by atoms with E-state index < -0.39 is 10.0 Å². The highest BCUT2D eigenvalue weighted by atomic mass is 32.2. The van der Waals surface area contributed by atoms with Crippen LogP contribution in [0.25, 0.3) is 0 Å². The van der Waals surface area contributed by atoms with Crippen molar-refractivity contribution in [1.29, 1.82) is 0 Å². The van der Waals surface area contributed by atoms with Gasteiger partial charge in [-0.05, 0) is 99.8 Å². The quantitative estimate of drug-likeness (QED) is 0.787. The molecular weight excluding hydrogens is 372 g/mol. The van der Waals surface area contributed by atoms with Crippen LogP contribution in [0.3, 0.4) is 0 Å². The lowest BCUT2D eigenvalue weighted by Crippen LogP contribution is -2.51. The van der Waals surface area contributed by atoms with E-state index in [1.54, 1.807) is 19.2 Å². The van der Waals surface area contributed by atoms with Crippen molar-refractivity contribution in [1.82, 2.24) is 9.62 Å². The van der Waals surface area contributed by atoms with Crippen molar-refractivity contribution in [3.05, 3.63) is 29.8 Å². The lowest BCUT2D eigenvalue weighted by atomic mass is 9.49. The third-order valence-corrected chi connectivity index (χ3v) is 9.36. The number of benzene rings is 1. The Morgan fingerprint density at radius 1 is 1.07 bits per heavy atom. The normalized spacial score (nSPS) is 31.5. The molecule has 0 aromatic heterocycles. The van der Waals surface area contributed by atoms with E-state index in [1.165, 1.54) is 55.0 Å². The van der Waals surface area contributed by atoms with Crippen LogP contribution in [0.2, 0.25) is 0 Å². The number of hydrogen-bond acceptors (Lipinski definition) is 3. The Morgan fingerprint density at radius 3 is 2.04 bits per heavy atom. The molecule has 154 valence electrons. The molecule has 4 bridgehead atoms. The summed E-state index contributed by atoms with van der Waals surface area (Å²) < 4.78 is 26.5. The number of rotatable bonds is 6. The van der Waals surface area contributed by atoms with Gasteiger partial charge in [0.1, 0.15) is 0 Å². The van der Waals surface area contributed by atoms with Crippen LogP contribution >= 0.6 is 0 Å². The smallest absolute Gasteiger partial charge is 0.251 e. The van der Waals surface area contributed by atoms with Crippen LogP contribution in [0.15, 0.2) is 29.2 Å². The molecule has 0 atom stereocenters. The van der Waals surface area contributed by atoms with Crippen LogP contribution in [0.5, 0.6) is 0 Å². The van der Waals surface area contributed by atoms with Gasteiger partial charge >= 0.3 is 0 Å². The number of nitrogens with zero attached hydrogens (tertiary/aromatic N) is 1. The van der Waals surface area contributed by atoms with E-state index in [9.17, 15) is 13.2 Å². The molecule has 5 nitrogen and oxygen atoms in total. The SMILES string of the molecule is CC(C)N(C)S(=O)(=O)c1ccc(C(=O)NCC23CC4CC(CC(C4)C2)C3)cc1. The Bertz CT molecular complexity index is 810. The topological polar surface area (TPSA) is 66.5 Å². The number of hydrogen-bond donors (Lipinski definition) is 1. The van der Waals surface area contributed by atoms with E-state index in [2.05, 4.69) is 5.32 Å². The zero-order valence-electron chi connectivity index (χ0n) is 17.1. The second kappa shape index (κ2) is 7.13. The van der Waals surface area contributed by atoms with Gasteiger partial charge < -0.3 is 5.32 Å². The molecule has 0 spiro atoms. The molecule has 0 aliphatic heterocycles. The molecule has 4 aliphatic rings. The molecule has 4 aliphatic carbocycles. The number of amides is 1. The van der Waals surface area contributed by atoms with E-state index in [-0.39, 0.29) is 16.8 Å². The maximum absolute atomic E-state index is 12.7. The minimum absolute atomic E-state index is 0.100. The number of carbonyl (C=O) groups excluding carboxylic acids is 1. The molecule has 1 aromatic rings. The minimum atomic E-state index is -3.52. The fourth-order valence-electron chi connectivity index (χ4n) is 6.10. The van der Waals surface area contributed by atoms with E-state index in [0.29, 0.717) is 11.0 Å². The molecule has 1 N–H and O–H groups in total. The standard InChI is InChI=1S/C22H32N2O3S/c1-15(2)24(3)28(26,27)20-6-4-19(5-7-20)21(25)23-14-22-11-16-8-17(12-22)10-18(9-16)13-22/h4-7,15-18H,8-14H2,1-3H3,(H,23,25). The van der Waals surface area contributed by atoms with Crippen molar-refractivity contribution in [2.45, 2.75) is 63.3 Å². The summed E-state index contributed by atoms with van der Waals surface area (Å²) in [5, 5.41) is 3.16. The number of sulfonamides is 1. The summed E-state index contributed by atoms with van der Waals surface area (Å²) in [4.78, 5) is 12.9. The Labute approximate surface area is 168 Å². The third-order valence-electron chi connectivity index (χ3n) is 7.31. The molecule has 28 heavy (non-hydrogen) atoms. The van der Waals surface area contributed by atoms with Crippen molar-refractivity contribution in [3.8, 4) is 0 Å². The number of nitrogens with one attached hydrogen (secondary N) is 1. The average molecular weight is 405 g/mol. The van der Waals surface area contributed by atoms with Gasteiger partial charge in [-0.15, -0.1) is 0 Å². The molecule has 1 amide bonds. The lowest BCUT2D eigenvalue weighted by Gasteiger charge is -2.56. The zero-order valence-corrected chi connectivity index (χ0v) is 18.0. The summed E-state index contributed by atoms with van der Waals surface area (Å²) in [6.07, 6.45) is 7.98. The average Bonchev–Trinajstić information content (AvgIpc) is 2.64. The van der Waals surface area contributed by atoms with Crippen molar-refractivity contribution in [2.24, 2.45) is 23.2 Å². The van der Waals surface area contributed by atoms with Crippen molar-refractivity contribution in [3.63, 3.8) is 0 Å². The first-order chi connectivity index (χ1) is 13.2. The molecule has 4 saturated carbocycles. The van der Waals surface area contributed by atoms with Gasteiger partial charge in [0.25, 0.3) is 5.91 Å². The Hall–Kier alpha value is -1.40.